The first-order valence-corrected chi connectivity index (χ1v) is 13.7. The number of piperidine rings is 2. The molecule has 0 aliphatic carbocycles. The number of alkyl halides is 3. The number of rotatable bonds is 8. The molecule has 0 spiro atoms. The predicted octanol–water partition coefficient (Wildman–Crippen LogP) is 6.35. The summed E-state index contributed by atoms with van der Waals surface area (Å²) in [6, 6.07) is 15.6. The molecule has 1 amide bonds. The van der Waals surface area contributed by atoms with E-state index in [-0.39, 0.29) is 22.6 Å². The Balaban J connectivity index is 1.17. The fourth-order valence-electron chi connectivity index (χ4n) is 5.22. The Labute approximate surface area is 216 Å². The van der Waals surface area contributed by atoms with Crippen LogP contribution in [0.3, 0.4) is 0 Å². The Hall–Kier alpha value is -2.19. The topological polar surface area (TPSA) is 35.6 Å². The SMILES string of the molecule is Cc1ccc(NC2CCN(CCC(=O)N3CCC[C@H](Cc4ccc(SC(F)(F)F)cc4)C3)CC2)cc1. The van der Waals surface area contributed by atoms with Crippen molar-refractivity contribution in [2.24, 2.45) is 5.92 Å². The number of amides is 1. The van der Waals surface area contributed by atoms with Gasteiger partial charge in [0.15, 0.2) is 0 Å². The minimum atomic E-state index is -4.26. The summed E-state index contributed by atoms with van der Waals surface area (Å²) in [5.74, 6) is 0.573. The van der Waals surface area contributed by atoms with Gasteiger partial charge in [0.1, 0.15) is 0 Å². The summed E-state index contributed by atoms with van der Waals surface area (Å²) in [4.78, 5) is 17.5. The standard InChI is InChI=1S/C28H36F3N3OS/c1-21-4-8-24(9-5-21)32-25-12-16-33(17-13-25)18-14-27(35)34-15-2-3-23(20-34)19-22-6-10-26(11-7-22)36-28(29,30)31/h4-11,23,25,32H,2-3,12-20H2,1H3/t23-/m1/s1. The highest BCUT2D eigenvalue weighted by Crippen LogP contribution is 2.37. The first kappa shape index (κ1) is 26.9. The van der Waals surface area contributed by atoms with Gasteiger partial charge >= 0.3 is 5.51 Å². The van der Waals surface area contributed by atoms with Gasteiger partial charge in [-0.3, -0.25) is 4.79 Å². The third-order valence-electron chi connectivity index (χ3n) is 7.20. The first-order chi connectivity index (χ1) is 17.2. The molecule has 1 atom stereocenters. The second kappa shape index (κ2) is 12.4. The van der Waals surface area contributed by atoms with Crippen LogP contribution in [0.1, 0.15) is 43.2 Å². The van der Waals surface area contributed by atoms with E-state index in [0.29, 0.717) is 18.4 Å². The summed E-state index contributed by atoms with van der Waals surface area (Å²) < 4.78 is 37.6. The Morgan fingerprint density at radius 3 is 2.36 bits per heavy atom. The van der Waals surface area contributed by atoms with Crippen LogP contribution in [0, 0.1) is 12.8 Å². The van der Waals surface area contributed by atoms with Crippen LogP contribution in [-0.4, -0.2) is 60.0 Å². The molecule has 36 heavy (non-hydrogen) atoms. The van der Waals surface area contributed by atoms with Crippen LogP contribution in [-0.2, 0) is 11.2 Å². The number of likely N-dealkylation sites (tertiary alicyclic amines) is 2. The highest BCUT2D eigenvalue weighted by molar-refractivity contribution is 8.00. The molecule has 2 saturated heterocycles. The minimum Gasteiger partial charge on any atom is -0.382 e. The predicted molar refractivity (Wildman–Crippen MR) is 140 cm³/mol. The van der Waals surface area contributed by atoms with Gasteiger partial charge in [-0.15, -0.1) is 0 Å². The number of hydrogen-bond donors (Lipinski definition) is 1. The molecule has 2 aliphatic heterocycles. The summed E-state index contributed by atoms with van der Waals surface area (Å²) in [7, 11) is 0. The maximum atomic E-state index is 12.9. The number of anilines is 1. The summed E-state index contributed by atoms with van der Waals surface area (Å²) in [6.45, 7) is 6.44. The number of thioether (sulfide) groups is 1. The van der Waals surface area contributed by atoms with Gasteiger partial charge in [-0.05, 0) is 86.5 Å². The molecule has 0 saturated carbocycles. The zero-order chi connectivity index (χ0) is 25.5. The van der Waals surface area contributed by atoms with Crippen molar-refractivity contribution in [3.8, 4) is 0 Å². The molecule has 2 aromatic rings. The van der Waals surface area contributed by atoms with Crippen molar-refractivity contribution in [1.82, 2.24) is 9.80 Å². The van der Waals surface area contributed by atoms with Crippen LogP contribution in [0.4, 0.5) is 18.9 Å². The number of hydrogen-bond acceptors (Lipinski definition) is 4. The van der Waals surface area contributed by atoms with Crippen LogP contribution in [0.2, 0.25) is 0 Å². The molecule has 2 heterocycles. The van der Waals surface area contributed by atoms with Crippen molar-refractivity contribution < 1.29 is 18.0 Å². The molecule has 8 heteroatoms. The number of nitrogens with one attached hydrogen (secondary N) is 1. The van der Waals surface area contributed by atoms with Gasteiger partial charge in [0, 0.05) is 55.8 Å². The number of halogens is 3. The molecule has 1 N–H and O–H groups in total. The number of aryl methyl sites for hydroxylation is 1. The maximum Gasteiger partial charge on any atom is 0.446 e. The summed E-state index contributed by atoms with van der Waals surface area (Å²) in [5, 5.41) is 3.63. The van der Waals surface area contributed by atoms with Gasteiger partial charge in [-0.2, -0.15) is 13.2 Å². The second-order valence-electron chi connectivity index (χ2n) is 10.1. The number of benzene rings is 2. The van der Waals surface area contributed by atoms with E-state index in [4.69, 9.17) is 0 Å². The number of carbonyl (C=O) groups excluding carboxylic acids is 1. The zero-order valence-electron chi connectivity index (χ0n) is 20.9. The van der Waals surface area contributed by atoms with Crippen LogP contribution >= 0.6 is 11.8 Å². The molecule has 2 fully saturated rings. The van der Waals surface area contributed by atoms with Gasteiger partial charge in [0.2, 0.25) is 5.91 Å². The third-order valence-corrected chi connectivity index (χ3v) is 7.94. The lowest BCUT2D eigenvalue weighted by Crippen LogP contribution is -2.43. The largest absolute Gasteiger partial charge is 0.446 e. The second-order valence-corrected chi connectivity index (χ2v) is 11.3. The summed E-state index contributed by atoms with van der Waals surface area (Å²) >= 11 is -0.0828. The monoisotopic (exact) mass is 519 g/mol. The van der Waals surface area contributed by atoms with Crippen LogP contribution in [0.15, 0.2) is 53.4 Å². The molecule has 0 aromatic heterocycles. The molecule has 2 aliphatic rings. The number of carbonyl (C=O) groups is 1. The van der Waals surface area contributed by atoms with Gasteiger partial charge in [-0.1, -0.05) is 29.8 Å². The Morgan fingerprint density at radius 1 is 1.00 bits per heavy atom. The van der Waals surface area contributed by atoms with E-state index in [2.05, 4.69) is 41.4 Å². The van der Waals surface area contributed by atoms with Crippen molar-refractivity contribution in [3.05, 3.63) is 59.7 Å². The lowest BCUT2D eigenvalue weighted by Gasteiger charge is -2.35. The van der Waals surface area contributed by atoms with Gasteiger partial charge in [0.25, 0.3) is 0 Å². The molecule has 0 radical (unpaired) electrons. The van der Waals surface area contributed by atoms with Crippen molar-refractivity contribution in [2.75, 3.05) is 38.0 Å². The molecule has 4 nitrogen and oxygen atoms in total. The number of nitrogens with zero attached hydrogens (tertiary/aromatic N) is 2. The van der Waals surface area contributed by atoms with Crippen molar-refractivity contribution >= 4 is 23.4 Å². The summed E-state index contributed by atoms with van der Waals surface area (Å²) in [5.41, 5.74) is -0.800. The van der Waals surface area contributed by atoms with E-state index in [1.165, 1.54) is 11.3 Å². The Morgan fingerprint density at radius 2 is 1.69 bits per heavy atom. The molecule has 0 unspecified atom stereocenters. The van der Waals surface area contributed by atoms with Gasteiger partial charge in [-0.25, -0.2) is 0 Å². The van der Waals surface area contributed by atoms with Gasteiger partial charge < -0.3 is 15.1 Å². The van der Waals surface area contributed by atoms with E-state index >= 15 is 0 Å². The van der Waals surface area contributed by atoms with Crippen molar-refractivity contribution in [1.29, 1.82) is 0 Å². The quantitative estimate of drug-likeness (QED) is 0.412. The van der Waals surface area contributed by atoms with E-state index in [0.717, 1.165) is 70.4 Å². The molecule has 0 bridgehead atoms. The van der Waals surface area contributed by atoms with E-state index in [1.807, 2.05) is 4.90 Å². The molecular weight excluding hydrogens is 483 g/mol. The van der Waals surface area contributed by atoms with E-state index in [9.17, 15) is 18.0 Å². The smallest absolute Gasteiger partial charge is 0.382 e. The Bertz CT molecular complexity index is 973. The lowest BCUT2D eigenvalue weighted by atomic mass is 9.91. The van der Waals surface area contributed by atoms with Gasteiger partial charge in [0.05, 0.1) is 0 Å². The fourth-order valence-corrected chi connectivity index (χ4v) is 5.76. The van der Waals surface area contributed by atoms with Crippen molar-refractivity contribution in [2.45, 2.75) is 61.9 Å². The highest BCUT2D eigenvalue weighted by Gasteiger charge is 2.29. The Kier molecular flexibility index (Phi) is 9.23. The first-order valence-electron chi connectivity index (χ1n) is 12.9. The minimum absolute atomic E-state index is 0.0828. The van der Waals surface area contributed by atoms with Crippen LogP contribution < -0.4 is 5.32 Å². The summed E-state index contributed by atoms with van der Waals surface area (Å²) in [6.07, 6.45) is 5.52. The van der Waals surface area contributed by atoms with E-state index in [1.54, 1.807) is 24.3 Å². The van der Waals surface area contributed by atoms with E-state index < -0.39 is 5.51 Å². The molecular formula is C28H36F3N3OS. The van der Waals surface area contributed by atoms with Crippen LogP contribution in [0.25, 0.3) is 0 Å². The molecule has 2 aromatic carbocycles. The van der Waals surface area contributed by atoms with Crippen molar-refractivity contribution in [3.63, 3.8) is 0 Å². The molecule has 4 rings (SSSR count). The average molecular weight is 520 g/mol. The average Bonchev–Trinajstić information content (AvgIpc) is 2.85. The highest BCUT2D eigenvalue weighted by atomic mass is 32.2. The van der Waals surface area contributed by atoms with Crippen LogP contribution in [0.5, 0.6) is 0 Å². The maximum absolute atomic E-state index is 12.9. The third kappa shape index (κ3) is 8.44. The molecule has 196 valence electrons. The fraction of sp³-hybridized carbons (Fsp3) is 0.536. The normalized spacial score (nSPS) is 19.9. The lowest BCUT2D eigenvalue weighted by molar-refractivity contribution is -0.133. The zero-order valence-corrected chi connectivity index (χ0v) is 21.7.